The molecule has 2 aromatic rings. The van der Waals surface area contributed by atoms with Crippen LogP contribution in [0, 0.1) is 5.41 Å². The average molecular weight is 263 g/mol. The normalized spacial score (nSPS) is 11.7. The van der Waals surface area contributed by atoms with E-state index in [1.165, 1.54) is 11.3 Å². The number of hydrogen-bond donors (Lipinski definition) is 2. The lowest BCUT2D eigenvalue weighted by atomic mass is 9.89. The minimum Gasteiger partial charge on any atom is -0.399 e. The molecular formula is C13H17N3OS. The van der Waals surface area contributed by atoms with Crippen LogP contribution in [0.1, 0.15) is 27.2 Å². The average Bonchev–Trinajstić information content (AvgIpc) is 2.70. The maximum absolute atomic E-state index is 12.0. The van der Waals surface area contributed by atoms with Crippen molar-refractivity contribution in [1.82, 2.24) is 4.98 Å². The van der Waals surface area contributed by atoms with Crippen LogP contribution >= 0.6 is 11.3 Å². The first-order valence-corrected chi connectivity index (χ1v) is 6.71. The molecule has 1 amide bonds. The van der Waals surface area contributed by atoms with Crippen molar-refractivity contribution in [2.75, 3.05) is 11.1 Å². The predicted molar refractivity (Wildman–Crippen MR) is 76.7 cm³/mol. The first-order valence-electron chi connectivity index (χ1n) is 5.90. The number of thiazole rings is 1. The molecule has 0 saturated heterocycles. The van der Waals surface area contributed by atoms with E-state index in [2.05, 4.69) is 10.3 Å². The predicted octanol–water partition coefficient (Wildman–Crippen LogP) is 3.25. The Kier molecular flexibility index (Phi) is 3.26. The van der Waals surface area contributed by atoms with Crippen LogP contribution in [0.2, 0.25) is 0 Å². The van der Waals surface area contributed by atoms with Crippen LogP contribution in [0.4, 0.5) is 10.8 Å². The number of rotatable bonds is 3. The molecule has 0 aliphatic carbocycles. The summed E-state index contributed by atoms with van der Waals surface area (Å²) in [5.74, 6) is -0.00275. The van der Waals surface area contributed by atoms with E-state index in [4.69, 9.17) is 5.73 Å². The van der Waals surface area contributed by atoms with Crippen LogP contribution < -0.4 is 11.1 Å². The van der Waals surface area contributed by atoms with E-state index >= 15 is 0 Å². The van der Waals surface area contributed by atoms with Crippen molar-refractivity contribution >= 4 is 38.3 Å². The molecule has 1 aromatic carbocycles. The molecule has 18 heavy (non-hydrogen) atoms. The molecule has 2 rings (SSSR count). The summed E-state index contributed by atoms with van der Waals surface area (Å²) in [5, 5.41) is 3.50. The fourth-order valence-corrected chi connectivity index (χ4v) is 2.33. The first kappa shape index (κ1) is 12.8. The van der Waals surface area contributed by atoms with E-state index in [1.54, 1.807) is 0 Å². The van der Waals surface area contributed by atoms with Gasteiger partial charge in [-0.1, -0.05) is 32.1 Å². The highest BCUT2D eigenvalue weighted by molar-refractivity contribution is 7.22. The summed E-state index contributed by atoms with van der Waals surface area (Å²) in [7, 11) is 0. The minimum absolute atomic E-state index is 0.00275. The summed E-state index contributed by atoms with van der Waals surface area (Å²) in [6.45, 7) is 5.85. The number of carbonyl (C=O) groups excluding carboxylic acids is 1. The molecule has 0 fully saturated rings. The fraction of sp³-hybridized carbons (Fsp3) is 0.385. The maximum atomic E-state index is 12.0. The zero-order valence-electron chi connectivity index (χ0n) is 10.8. The van der Waals surface area contributed by atoms with Crippen LogP contribution in [0.15, 0.2) is 18.2 Å². The zero-order chi connectivity index (χ0) is 13.3. The lowest BCUT2D eigenvalue weighted by molar-refractivity contribution is -0.124. The van der Waals surface area contributed by atoms with Crippen molar-refractivity contribution in [2.45, 2.75) is 27.2 Å². The Balaban J connectivity index is 2.25. The van der Waals surface area contributed by atoms with Gasteiger partial charge in [0, 0.05) is 11.1 Å². The van der Waals surface area contributed by atoms with Gasteiger partial charge in [0.25, 0.3) is 0 Å². The molecule has 0 aliphatic heterocycles. The number of nitrogens with one attached hydrogen (secondary N) is 1. The number of nitrogens with two attached hydrogens (primary N) is 1. The van der Waals surface area contributed by atoms with Gasteiger partial charge in [0.2, 0.25) is 5.91 Å². The largest absolute Gasteiger partial charge is 0.399 e. The van der Waals surface area contributed by atoms with Crippen LogP contribution in [-0.4, -0.2) is 10.9 Å². The van der Waals surface area contributed by atoms with Gasteiger partial charge in [-0.05, 0) is 24.6 Å². The quantitative estimate of drug-likeness (QED) is 0.835. The van der Waals surface area contributed by atoms with Crippen LogP contribution in [0.25, 0.3) is 10.2 Å². The first-order chi connectivity index (χ1) is 8.42. The summed E-state index contributed by atoms with van der Waals surface area (Å²) in [6.07, 6.45) is 0.788. The van der Waals surface area contributed by atoms with Gasteiger partial charge in [0.05, 0.1) is 10.2 Å². The summed E-state index contributed by atoms with van der Waals surface area (Å²) >= 11 is 1.44. The molecule has 0 radical (unpaired) electrons. The number of nitrogen functional groups attached to an aromatic ring is 1. The van der Waals surface area contributed by atoms with E-state index < -0.39 is 0 Å². The second kappa shape index (κ2) is 4.57. The molecule has 4 nitrogen and oxygen atoms in total. The Labute approximate surface area is 110 Å². The van der Waals surface area contributed by atoms with E-state index in [0.717, 1.165) is 16.6 Å². The Morgan fingerprint density at radius 3 is 2.89 bits per heavy atom. The Bertz CT molecular complexity index is 589. The third-order valence-electron chi connectivity index (χ3n) is 3.13. The Morgan fingerprint density at radius 2 is 2.22 bits per heavy atom. The number of carbonyl (C=O) groups is 1. The number of benzene rings is 1. The Hall–Kier alpha value is -1.62. The van der Waals surface area contributed by atoms with Crippen molar-refractivity contribution in [3.05, 3.63) is 18.2 Å². The van der Waals surface area contributed by atoms with Crippen molar-refractivity contribution in [3.63, 3.8) is 0 Å². The van der Waals surface area contributed by atoms with E-state index in [1.807, 2.05) is 39.0 Å². The number of aromatic nitrogens is 1. The number of amides is 1. The molecule has 3 N–H and O–H groups in total. The van der Waals surface area contributed by atoms with Crippen LogP contribution in [0.3, 0.4) is 0 Å². The van der Waals surface area contributed by atoms with Gasteiger partial charge in [-0.15, -0.1) is 0 Å². The molecule has 0 aliphatic rings. The fourth-order valence-electron chi connectivity index (χ4n) is 1.42. The maximum Gasteiger partial charge on any atom is 0.231 e. The molecule has 0 saturated carbocycles. The zero-order valence-corrected chi connectivity index (χ0v) is 11.6. The molecule has 0 unspecified atom stereocenters. The minimum atomic E-state index is -0.378. The van der Waals surface area contributed by atoms with Crippen LogP contribution in [-0.2, 0) is 4.79 Å². The van der Waals surface area contributed by atoms with Gasteiger partial charge < -0.3 is 11.1 Å². The highest BCUT2D eigenvalue weighted by Gasteiger charge is 2.26. The van der Waals surface area contributed by atoms with Gasteiger partial charge in [0.1, 0.15) is 0 Å². The van der Waals surface area contributed by atoms with Crippen molar-refractivity contribution in [3.8, 4) is 0 Å². The van der Waals surface area contributed by atoms with Gasteiger partial charge >= 0.3 is 0 Å². The number of anilines is 2. The van der Waals surface area contributed by atoms with Gasteiger partial charge in [-0.25, -0.2) is 4.98 Å². The SMILES string of the molecule is CCC(C)(C)C(=O)Nc1nc2ccc(N)cc2s1. The summed E-state index contributed by atoms with van der Waals surface area (Å²) in [5.41, 5.74) is 6.91. The standard InChI is InChI=1S/C13H17N3OS/c1-4-13(2,3)11(17)16-12-15-9-6-5-8(14)7-10(9)18-12/h5-7H,4,14H2,1-3H3,(H,15,16,17). The second-order valence-corrected chi connectivity index (χ2v) is 5.97. The smallest absolute Gasteiger partial charge is 0.231 e. The van der Waals surface area contributed by atoms with E-state index in [-0.39, 0.29) is 11.3 Å². The lowest BCUT2D eigenvalue weighted by Crippen LogP contribution is -2.29. The number of nitrogens with zero attached hydrogens (tertiary/aromatic N) is 1. The van der Waals surface area contributed by atoms with Crippen molar-refractivity contribution < 1.29 is 4.79 Å². The molecule has 1 heterocycles. The molecule has 1 aromatic heterocycles. The Morgan fingerprint density at radius 1 is 1.50 bits per heavy atom. The molecular weight excluding hydrogens is 246 g/mol. The molecule has 0 spiro atoms. The second-order valence-electron chi connectivity index (χ2n) is 4.94. The number of fused-ring (bicyclic) bond motifs is 1. The van der Waals surface area contributed by atoms with Gasteiger partial charge in [-0.2, -0.15) is 0 Å². The molecule has 0 atom stereocenters. The third-order valence-corrected chi connectivity index (χ3v) is 4.07. The molecule has 0 bridgehead atoms. The lowest BCUT2D eigenvalue weighted by Gasteiger charge is -2.20. The van der Waals surface area contributed by atoms with Crippen molar-refractivity contribution in [2.24, 2.45) is 5.41 Å². The summed E-state index contributed by atoms with van der Waals surface area (Å²) < 4.78 is 0.986. The number of hydrogen-bond acceptors (Lipinski definition) is 4. The highest BCUT2D eigenvalue weighted by Crippen LogP contribution is 2.29. The molecule has 96 valence electrons. The van der Waals surface area contributed by atoms with Gasteiger partial charge in [0.15, 0.2) is 5.13 Å². The highest BCUT2D eigenvalue weighted by atomic mass is 32.1. The third kappa shape index (κ3) is 2.46. The van der Waals surface area contributed by atoms with E-state index in [0.29, 0.717) is 10.8 Å². The van der Waals surface area contributed by atoms with E-state index in [9.17, 15) is 4.79 Å². The van der Waals surface area contributed by atoms with Gasteiger partial charge in [-0.3, -0.25) is 4.79 Å². The van der Waals surface area contributed by atoms with Crippen LogP contribution in [0.5, 0.6) is 0 Å². The summed E-state index contributed by atoms with van der Waals surface area (Å²) in [6, 6.07) is 5.54. The summed E-state index contributed by atoms with van der Waals surface area (Å²) in [4.78, 5) is 16.4. The van der Waals surface area contributed by atoms with Crippen molar-refractivity contribution in [1.29, 1.82) is 0 Å². The topological polar surface area (TPSA) is 68.0 Å². The monoisotopic (exact) mass is 263 g/mol. The molecule has 5 heteroatoms.